The fourth-order valence-electron chi connectivity index (χ4n) is 3.90. The highest BCUT2D eigenvalue weighted by molar-refractivity contribution is 7.14. The Bertz CT molecular complexity index is 1370. The Morgan fingerprint density at radius 1 is 1.16 bits per heavy atom. The van der Waals surface area contributed by atoms with Gasteiger partial charge in [0.2, 0.25) is 0 Å². The Kier molecular flexibility index (Phi) is 5.36. The molecule has 1 N–H and O–H groups in total. The summed E-state index contributed by atoms with van der Waals surface area (Å²) in [5.41, 5.74) is 3.70. The summed E-state index contributed by atoms with van der Waals surface area (Å²) in [6.45, 7) is -0.186. The second-order valence-corrected chi connectivity index (χ2v) is 8.32. The summed E-state index contributed by atoms with van der Waals surface area (Å²) in [5.74, 6) is 0.877. The molecule has 0 saturated carbocycles. The Balaban J connectivity index is 1.24. The van der Waals surface area contributed by atoms with Crippen LogP contribution in [0.3, 0.4) is 0 Å². The number of aromatic nitrogens is 1. The molecular weight excluding hydrogens is 428 g/mol. The van der Waals surface area contributed by atoms with Gasteiger partial charge in [-0.25, -0.2) is 9.78 Å². The summed E-state index contributed by atoms with van der Waals surface area (Å²) in [6.07, 6.45) is 2.61. The predicted octanol–water partition coefficient (Wildman–Crippen LogP) is 4.43. The van der Waals surface area contributed by atoms with Crippen LogP contribution in [0.5, 0.6) is 11.5 Å². The van der Waals surface area contributed by atoms with Crippen LogP contribution in [0.25, 0.3) is 22.2 Å². The molecule has 0 unspecified atom stereocenters. The number of anilines is 1. The highest BCUT2D eigenvalue weighted by Crippen LogP contribution is 2.30. The van der Waals surface area contributed by atoms with E-state index in [0.717, 1.165) is 52.8 Å². The number of amides is 1. The third-order valence-corrected chi connectivity index (χ3v) is 6.19. The van der Waals surface area contributed by atoms with E-state index in [4.69, 9.17) is 13.9 Å². The Hall–Kier alpha value is -3.65. The van der Waals surface area contributed by atoms with Crippen molar-refractivity contribution in [3.63, 3.8) is 0 Å². The number of thiazole rings is 1. The fourth-order valence-corrected chi connectivity index (χ4v) is 4.64. The quantitative estimate of drug-likeness (QED) is 0.439. The molecule has 0 aliphatic heterocycles. The van der Waals surface area contributed by atoms with Crippen LogP contribution < -0.4 is 20.4 Å². The number of nitrogens with zero attached hydrogens (tertiary/aromatic N) is 1. The van der Waals surface area contributed by atoms with Crippen molar-refractivity contribution >= 4 is 33.3 Å². The highest BCUT2D eigenvalue weighted by Gasteiger charge is 2.19. The molecule has 2 aromatic carbocycles. The average Bonchev–Trinajstić information content (AvgIpc) is 3.48. The maximum atomic E-state index is 12.3. The first-order valence-corrected chi connectivity index (χ1v) is 11.1. The molecule has 0 spiro atoms. The van der Waals surface area contributed by atoms with Crippen LogP contribution in [0.2, 0.25) is 0 Å². The number of benzene rings is 2. The van der Waals surface area contributed by atoms with Gasteiger partial charge in [0.1, 0.15) is 17.1 Å². The first-order valence-electron chi connectivity index (χ1n) is 10.2. The second-order valence-electron chi connectivity index (χ2n) is 7.46. The van der Waals surface area contributed by atoms with Gasteiger partial charge in [-0.15, -0.1) is 11.3 Å². The first-order chi connectivity index (χ1) is 15.6. The Morgan fingerprint density at radius 3 is 2.91 bits per heavy atom. The summed E-state index contributed by atoms with van der Waals surface area (Å²) in [4.78, 5) is 29.0. The van der Waals surface area contributed by atoms with Gasteiger partial charge in [0, 0.05) is 28.0 Å². The number of carbonyl (C=O) groups is 1. The minimum absolute atomic E-state index is 0.186. The zero-order chi connectivity index (χ0) is 22.1. The van der Waals surface area contributed by atoms with Crippen LogP contribution in [0.4, 0.5) is 5.13 Å². The number of fused-ring (bicyclic) bond motifs is 3. The molecule has 5 rings (SSSR count). The van der Waals surface area contributed by atoms with Crippen LogP contribution in [-0.4, -0.2) is 24.6 Å². The lowest BCUT2D eigenvalue weighted by atomic mass is 10.1. The SMILES string of the molecule is COc1cccc(-c2csc(NC(=O)COc3ccc4c5c(c(=O)oc4c3)CCC5)n2)c1. The number of aryl methyl sites for hydroxylation is 1. The highest BCUT2D eigenvalue weighted by atomic mass is 32.1. The van der Waals surface area contributed by atoms with E-state index in [1.807, 2.05) is 35.7 Å². The van der Waals surface area contributed by atoms with E-state index in [9.17, 15) is 9.59 Å². The maximum absolute atomic E-state index is 12.3. The summed E-state index contributed by atoms with van der Waals surface area (Å²) in [6, 6.07) is 12.9. The normalized spacial score (nSPS) is 12.5. The van der Waals surface area contributed by atoms with Gasteiger partial charge in [-0.2, -0.15) is 0 Å². The van der Waals surface area contributed by atoms with Crippen molar-refractivity contribution in [3.05, 3.63) is 69.4 Å². The summed E-state index contributed by atoms with van der Waals surface area (Å²) < 4.78 is 16.3. The zero-order valence-electron chi connectivity index (χ0n) is 17.3. The lowest BCUT2D eigenvalue weighted by molar-refractivity contribution is -0.118. The van der Waals surface area contributed by atoms with Crippen molar-refractivity contribution in [2.24, 2.45) is 0 Å². The number of hydrogen-bond acceptors (Lipinski definition) is 7. The minimum atomic E-state index is -0.327. The molecule has 0 saturated heterocycles. The Labute approximate surface area is 187 Å². The molecule has 162 valence electrons. The number of methoxy groups -OCH3 is 1. The molecule has 1 aliphatic rings. The maximum Gasteiger partial charge on any atom is 0.339 e. The molecule has 0 radical (unpaired) electrons. The van der Waals surface area contributed by atoms with Crippen molar-refractivity contribution in [2.75, 3.05) is 19.0 Å². The van der Waals surface area contributed by atoms with Crippen molar-refractivity contribution in [3.8, 4) is 22.8 Å². The molecule has 1 amide bonds. The van der Waals surface area contributed by atoms with Gasteiger partial charge < -0.3 is 13.9 Å². The van der Waals surface area contributed by atoms with Crippen molar-refractivity contribution in [2.45, 2.75) is 19.3 Å². The topological polar surface area (TPSA) is 90.7 Å². The molecule has 2 heterocycles. The summed E-state index contributed by atoms with van der Waals surface area (Å²) >= 11 is 1.33. The van der Waals surface area contributed by atoms with E-state index >= 15 is 0 Å². The molecule has 1 aliphatic carbocycles. The van der Waals surface area contributed by atoms with Crippen LogP contribution in [0.1, 0.15) is 17.5 Å². The van der Waals surface area contributed by atoms with Gasteiger partial charge >= 0.3 is 5.63 Å². The molecule has 0 fully saturated rings. The lowest BCUT2D eigenvalue weighted by Gasteiger charge is -2.08. The standard InChI is InChI=1S/C24H20N2O5S/c1-29-15-5-2-4-14(10-15)20-13-32-24(25-20)26-22(27)12-30-16-8-9-18-17-6-3-7-19(17)23(28)31-21(18)11-16/h2,4-5,8-11,13H,3,6-7,12H2,1H3,(H,25,26,27). The Morgan fingerprint density at radius 2 is 2.03 bits per heavy atom. The molecule has 32 heavy (non-hydrogen) atoms. The molecular formula is C24H20N2O5S. The third kappa shape index (κ3) is 3.97. The molecule has 8 heteroatoms. The van der Waals surface area contributed by atoms with E-state index < -0.39 is 0 Å². The zero-order valence-corrected chi connectivity index (χ0v) is 18.2. The molecule has 0 bridgehead atoms. The first kappa shape index (κ1) is 20.3. The minimum Gasteiger partial charge on any atom is -0.497 e. The van der Waals surface area contributed by atoms with Crippen molar-refractivity contribution < 1.29 is 18.7 Å². The number of hydrogen-bond donors (Lipinski definition) is 1. The van der Waals surface area contributed by atoms with E-state index in [2.05, 4.69) is 10.3 Å². The molecule has 0 atom stereocenters. The van der Waals surface area contributed by atoms with Gasteiger partial charge in [-0.3, -0.25) is 10.1 Å². The number of rotatable bonds is 6. The molecule has 2 aromatic heterocycles. The van der Waals surface area contributed by atoms with Gasteiger partial charge in [-0.05, 0) is 49.1 Å². The lowest BCUT2D eigenvalue weighted by Crippen LogP contribution is -2.20. The number of nitrogens with one attached hydrogen (secondary N) is 1. The van der Waals surface area contributed by atoms with Crippen molar-refractivity contribution in [1.82, 2.24) is 4.98 Å². The van der Waals surface area contributed by atoms with Crippen LogP contribution in [-0.2, 0) is 17.6 Å². The second kappa shape index (κ2) is 8.47. The van der Waals surface area contributed by atoms with Gasteiger partial charge in [-0.1, -0.05) is 12.1 Å². The van der Waals surface area contributed by atoms with Crippen LogP contribution in [0, 0.1) is 0 Å². The van der Waals surface area contributed by atoms with E-state index in [0.29, 0.717) is 16.5 Å². The average molecular weight is 449 g/mol. The molecule has 7 nitrogen and oxygen atoms in total. The van der Waals surface area contributed by atoms with Gasteiger partial charge in [0.15, 0.2) is 11.7 Å². The van der Waals surface area contributed by atoms with Crippen LogP contribution in [0.15, 0.2) is 57.1 Å². The largest absolute Gasteiger partial charge is 0.497 e. The smallest absolute Gasteiger partial charge is 0.339 e. The van der Waals surface area contributed by atoms with E-state index in [1.165, 1.54) is 11.3 Å². The van der Waals surface area contributed by atoms with Gasteiger partial charge in [0.25, 0.3) is 5.91 Å². The monoisotopic (exact) mass is 448 g/mol. The number of ether oxygens (including phenoxy) is 2. The summed E-state index contributed by atoms with van der Waals surface area (Å²) in [5, 5.41) is 6.04. The van der Waals surface area contributed by atoms with Crippen LogP contribution >= 0.6 is 11.3 Å². The van der Waals surface area contributed by atoms with Gasteiger partial charge in [0.05, 0.1) is 12.8 Å². The van der Waals surface area contributed by atoms with Crippen molar-refractivity contribution in [1.29, 1.82) is 0 Å². The molecule has 4 aromatic rings. The number of carbonyl (C=O) groups excluding carboxylic acids is 1. The van der Waals surface area contributed by atoms with E-state index in [-0.39, 0.29) is 18.1 Å². The summed E-state index contributed by atoms with van der Waals surface area (Å²) in [7, 11) is 1.61. The van der Waals surface area contributed by atoms with E-state index in [1.54, 1.807) is 19.2 Å². The fraction of sp³-hybridized carbons (Fsp3) is 0.208. The third-order valence-electron chi connectivity index (χ3n) is 5.43. The predicted molar refractivity (Wildman–Crippen MR) is 123 cm³/mol.